The molecule has 2 aromatic rings. The summed E-state index contributed by atoms with van der Waals surface area (Å²) in [6, 6.07) is 11.6. The largest absolute Gasteiger partial charge is 0.508 e. The van der Waals surface area contributed by atoms with Crippen molar-refractivity contribution in [2.75, 3.05) is 36.0 Å². The molecule has 2 N–H and O–H groups in total. The molecule has 28 heavy (non-hydrogen) atoms. The number of hydrogen-bond donors (Lipinski definition) is 2. The summed E-state index contributed by atoms with van der Waals surface area (Å²) in [5.74, 6) is -0.0959. The number of nitrogens with zero attached hydrogens (tertiary/aromatic N) is 3. The Bertz CT molecular complexity index is 859. The summed E-state index contributed by atoms with van der Waals surface area (Å²) in [7, 11) is 0. The van der Waals surface area contributed by atoms with Crippen molar-refractivity contribution in [3.8, 4) is 5.75 Å². The minimum absolute atomic E-state index is 0.0424. The van der Waals surface area contributed by atoms with Gasteiger partial charge in [-0.15, -0.1) is 0 Å². The lowest BCUT2D eigenvalue weighted by molar-refractivity contribution is -0.384. The van der Waals surface area contributed by atoms with Crippen LogP contribution >= 0.6 is 0 Å². The predicted octanol–water partition coefficient (Wildman–Crippen LogP) is 2.77. The first-order valence-electron chi connectivity index (χ1n) is 9.23. The molecule has 2 aromatic carbocycles. The van der Waals surface area contributed by atoms with E-state index in [1.54, 1.807) is 24.3 Å². The molecule has 0 spiro atoms. The lowest BCUT2D eigenvalue weighted by atomic mass is 10.1. The first-order chi connectivity index (χ1) is 13.3. The van der Waals surface area contributed by atoms with Crippen molar-refractivity contribution in [1.29, 1.82) is 0 Å². The number of benzene rings is 2. The van der Waals surface area contributed by atoms with E-state index in [-0.39, 0.29) is 28.9 Å². The van der Waals surface area contributed by atoms with E-state index in [0.717, 1.165) is 5.69 Å². The zero-order valence-electron chi connectivity index (χ0n) is 16.0. The van der Waals surface area contributed by atoms with Crippen LogP contribution in [-0.2, 0) is 0 Å². The molecule has 1 aliphatic rings. The number of amides is 1. The maximum Gasteiger partial charge on any atom is 0.293 e. The van der Waals surface area contributed by atoms with Gasteiger partial charge in [0.2, 0.25) is 0 Å². The van der Waals surface area contributed by atoms with Gasteiger partial charge in [0.25, 0.3) is 11.6 Å². The van der Waals surface area contributed by atoms with Gasteiger partial charge in [-0.3, -0.25) is 14.9 Å². The number of carbonyl (C=O) groups excluding carboxylic acids is 1. The highest BCUT2D eigenvalue weighted by Gasteiger charge is 2.25. The fourth-order valence-electron chi connectivity index (χ4n) is 3.29. The second-order valence-corrected chi connectivity index (χ2v) is 7.08. The summed E-state index contributed by atoms with van der Waals surface area (Å²) < 4.78 is 0. The van der Waals surface area contributed by atoms with Crippen LogP contribution in [0.2, 0.25) is 0 Å². The predicted molar refractivity (Wildman–Crippen MR) is 108 cm³/mol. The monoisotopic (exact) mass is 384 g/mol. The van der Waals surface area contributed by atoms with E-state index in [0.29, 0.717) is 31.9 Å². The highest BCUT2D eigenvalue weighted by atomic mass is 16.6. The molecule has 1 saturated heterocycles. The average Bonchev–Trinajstić information content (AvgIpc) is 2.67. The van der Waals surface area contributed by atoms with Gasteiger partial charge in [0.05, 0.1) is 4.92 Å². The number of aromatic hydroxyl groups is 1. The number of nitro benzene ring substituents is 1. The molecular formula is C20H24N4O4. The lowest BCUT2D eigenvalue weighted by Crippen LogP contribution is -2.46. The van der Waals surface area contributed by atoms with Crippen LogP contribution < -0.4 is 15.1 Å². The molecular weight excluding hydrogens is 360 g/mol. The molecule has 3 rings (SSSR count). The molecule has 0 bridgehead atoms. The summed E-state index contributed by atoms with van der Waals surface area (Å²) >= 11 is 0. The first-order valence-corrected chi connectivity index (χ1v) is 9.23. The summed E-state index contributed by atoms with van der Waals surface area (Å²) in [5.41, 5.74) is 1.76. The molecule has 0 aliphatic carbocycles. The summed E-state index contributed by atoms with van der Waals surface area (Å²) in [4.78, 5) is 27.5. The third-order valence-electron chi connectivity index (χ3n) is 4.69. The number of rotatable bonds is 5. The molecule has 1 fully saturated rings. The third kappa shape index (κ3) is 4.33. The molecule has 1 aliphatic heterocycles. The Morgan fingerprint density at radius 2 is 1.68 bits per heavy atom. The minimum atomic E-state index is -0.437. The van der Waals surface area contributed by atoms with Gasteiger partial charge in [0.1, 0.15) is 11.4 Å². The molecule has 0 unspecified atom stereocenters. The topological polar surface area (TPSA) is 99.0 Å². The molecule has 8 heteroatoms. The maximum absolute atomic E-state index is 12.2. The van der Waals surface area contributed by atoms with Gasteiger partial charge in [-0.2, -0.15) is 0 Å². The Morgan fingerprint density at radius 3 is 2.25 bits per heavy atom. The van der Waals surface area contributed by atoms with Gasteiger partial charge in [-0.25, -0.2) is 0 Å². The zero-order valence-corrected chi connectivity index (χ0v) is 16.0. The van der Waals surface area contributed by atoms with Gasteiger partial charge < -0.3 is 20.2 Å². The van der Waals surface area contributed by atoms with E-state index in [9.17, 15) is 20.0 Å². The van der Waals surface area contributed by atoms with Crippen molar-refractivity contribution >= 4 is 23.0 Å². The van der Waals surface area contributed by atoms with Crippen LogP contribution in [0.4, 0.5) is 17.1 Å². The molecule has 8 nitrogen and oxygen atoms in total. The van der Waals surface area contributed by atoms with Gasteiger partial charge in [-0.1, -0.05) is 0 Å². The molecule has 148 valence electrons. The van der Waals surface area contributed by atoms with Crippen molar-refractivity contribution < 1.29 is 14.8 Å². The molecule has 0 radical (unpaired) electrons. The number of nitrogens with one attached hydrogen (secondary N) is 1. The van der Waals surface area contributed by atoms with Crippen molar-refractivity contribution in [3.05, 3.63) is 58.1 Å². The molecule has 1 heterocycles. The van der Waals surface area contributed by atoms with E-state index in [2.05, 4.69) is 10.2 Å². The molecule has 1 amide bonds. The number of piperazine rings is 1. The van der Waals surface area contributed by atoms with Crippen LogP contribution in [0.1, 0.15) is 24.2 Å². The van der Waals surface area contributed by atoms with E-state index >= 15 is 0 Å². The Balaban J connectivity index is 1.75. The maximum atomic E-state index is 12.2. The standard InChI is InChI=1S/C20H24N4O4/c1-14(2)21-20(26)15-3-8-18(19(13-15)24(27)28)23-11-9-22(10-12-23)16-4-6-17(25)7-5-16/h3-8,13-14,25H,9-12H2,1-2H3,(H,21,26). The Labute approximate surface area is 163 Å². The van der Waals surface area contributed by atoms with Gasteiger partial charge >= 0.3 is 0 Å². The number of phenols is 1. The average molecular weight is 384 g/mol. The van der Waals surface area contributed by atoms with Crippen LogP contribution in [0.15, 0.2) is 42.5 Å². The highest BCUT2D eigenvalue weighted by molar-refractivity contribution is 5.96. The second-order valence-electron chi connectivity index (χ2n) is 7.08. The lowest BCUT2D eigenvalue weighted by Gasteiger charge is -2.37. The smallest absolute Gasteiger partial charge is 0.293 e. The van der Waals surface area contributed by atoms with E-state index < -0.39 is 4.92 Å². The fourth-order valence-corrected chi connectivity index (χ4v) is 3.29. The fraction of sp³-hybridized carbons (Fsp3) is 0.350. The Kier molecular flexibility index (Phi) is 5.67. The van der Waals surface area contributed by atoms with E-state index in [1.807, 2.05) is 30.9 Å². The summed E-state index contributed by atoms with van der Waals surface area (Å²) in [5, 5.41) is 23.8. The SMILES string of the molecule is CC(C)NC(=O)c1ccc(N2CCN(c3ccc(O)cc3)CC2)c([N+](=O)[O-])c1. The number of nitro groups is 1. The Morgan fingerprint density at radius 1 is 1.07 bits per heavy atom. The molecule has 0 aromatic heterocycles. The first kappa shape index (κ1) is 19.5. The van der Waals surface area contributed by atoms with Crippen molar-refractivity contribution in [2.24, 2.45) is 0 Å². The summed E-state index contributed by atoms with van der Waals surface area (Å²) in [6.45, 7) is 6.34. The van der Waals surface area contributed by atoms with Gasteiger partial charge in [0, 0.05) is 49.5 Å². The van der Waals surface area contributed by atoms with Crippen LogP contribution in [0, 0.1) is 10.1 Å². The zero-order chi connectivity index (χ0) is 20.3. The number of carbonyl (C=O) groups is 1. The number of hydrogen-bond acceptors (Lipinski definition) is 6. The normalized spacial score (nSPS) is 14.2. The van der Waals surface area contributed by atoms with E-state index in [1.165, 1.54) is 6.07 Å². The third-order valence-corrected chi connectivity index (χ3v) is 4.69. The van der Waals surface area contributed by atoms with Crippen LogP contribution in [0.25, 0.3) is 0 Å². The second kappa shape index (κ2) is 8.16. The summed E-state index contributed by atoms with van der Waals surface area (Å²) in [6.07, 6.45) is 0. The van der Waals surface area contributed by atoms with E-state index in [4.69, 9.17) is 0 Å². The van der Waals surface area contributed by atoms with Crippen LogP contribution in [0.3, 0.4) is 0 Å². The minimum Gasteiger partial charge on any atom is -0.508 e. The van der Waals surface area contributed by atoms with Gasteiger partial charge in [-0.05, 0) is 50.2 Å². The molecule has 0 atom stereocenters. The quantitative estimate of drug-likeness (QED) is 0.607. The van der Waals surface area contributed by atoms with Crippen molar-refractivity contribution in [3.63, 3.8) is 0 Å². The molecule has 0 saturated carbocycles. The van der Waals surface area contributed by atoms with Crippen molar-refractivity contribution in [2.45, 2.75) is 19.9 Å². The number of phenolic OH excluding ortho intramolecular Hbond substituents is 1. The highest BCUT2D eigenvalue weighted by Crippen LogP contribution is 2.31. The van der Waals surface area contributed by atoms with Crippen LogP contribution in [-0.4, -0.2) is 48.2 Å². The van der Waals surface area contributed by atoms with Crippen LogP contribution in [0.5, 0.6) is 5.75 Å². The van der Waals surface area contributed by atoms with Gasteiger partial charge in [0.15, 0.2) is 0 Å². The van der Waals surface area contributed by atoms with Crippen molar-refractivity contribution in [1.82, 2.24) is 5.32 Å². The number of anilines is 2. The Hall–Kier alpha value is -3.29.